The Morgan fingerprint density at radius 3 is 2.13 bits per heavy atom. The standard InChI is InChI=1S/C11H17NS.2CH4/c1-2-4-6-10(7-5-3-1)11-12-8-9-13-11;;/h8-10H,1-7H2;2*1H4. The Morgan fingerprint density at radius 2 is 1.60 bits per heavy atom. The highest BCUT2D eigenvalue weighted by Crippen LogP contribution is 2.31. The van der Waals surface area contributed by atoms with Gasteiger partial charge >= 0.3 is 0 Å². The first kappa shape index (κ1) is 14.6. The Bertz CT molecular complexity index is 223. The molecule has 1 nitrogen and oxygen atoms in total. The molecule has 0 amide bonds. The Balaban J connectivity index is 0.000000980. The van der Waals surface area contributed by atoms with Crippen LogP contribution in [0.5, 0.6) is 0 Å². The highest BCUT2D eigenvalue weighted by Gasteiger charge is 2.14. The number of hydrogen-bond acceptors (Lipinski definition) is 2. The molecule has 1 aromatic heterocycles. The summed E-state index contributed by atoms with van der Waals surface area (Å²) in [6.07, 6.45) is 11.8. The fourth-order valence-electron chi connectivity index (χ4n) is 2.14. The van der Waals surface area contributed by atoms with Gasteiger partial charge in [-0.1, -0.05) is 47.0 Å². The topological polar surface area (TPSA) is 12.9 Å². The van der Waals surface area contributed by atoms with Gasteiger partial charge in [0.2, 0.25) is 0 Å². The second-order valence-corrected chi connectivity index (χ2v) is 4.84. The predicted octanol–water partition coefficient (Wildman–Crippen LogP) is 5.24. The van der Waals surface area contributed by atoms with E-state index >= 15 is 0 Å². The van der Waals surface area contributed by atoms with Crippen LogP contribution >= 0.6 is 11.3 Å². The molecule has 1 aliphatic carbocycles. The minimum absolute atomic E-state index is 0. The predicted molar refractivity (Wildman–Crippen MR) is 70.6 cm³/mol. The summed E-state index contributed by atoms with van der Waals surface area (Å²) in [4.78, 5) is 4.43. The van der Waals surface area contributed by atoms with Crippen molar-refractivity contribution in [3.8, 4) is 0 Å². The fourth-order valence-corrected chi connectivity index (χ4v) is 2.95. The Morgan fingerprint density at radius 1 is 1.00 bits per heavy atom. The molecule has 1 saturated carbocycles. The lowest BCUT2D eigenvalue weighted by molar-refractivity contribution is 0.454. The third-order valence-electron chi connectivity index (χ3n) is 2.91. The van der Waals surface area contributed by atoms with E-state index in [-0.39, 0.29) is 14.9 Å². The van der Waals surface area contributed by atoms with Crippen LogP contribution in [0.3, 0.4) is 0 Å². The molecule has 0 spiro atoms. The van der Waals surface area contributed by atoms with Crippen LogP contribution in [0.25, 0.3) is 0 Å². The molecule has 0 bridgehead atoms. The molecule has 0 aliphatic heterocycles. The molecule has 2 rings (SSSR count). The average Bonchev–Trinajstić information content (AvgIpc) is 2.55. The van der Waals surface area contributed by atoms with Crippen molar-refractivity contribution in [3.63, 3.8) is 0 Å². The summed E-state index contributed by atoms with van der Waals surface area (Å²) in [7, 11) is 0. The lowest BCUT2D eigenvalue weighted by Crippen LogP contribution is -2.01. The first-order valence-corrected chi connectivity index (χ1v) is 6.24. The van der Waals surface area contributed by atoms with Gasteiger partial charge in [-0.25, -0.2) is 4.98 Å². The van der Waals surface area contributed by atoms with Gasteiger partial charge in [-0.15, -0.1) is 11.3 Å². The van der Waals surface area contributed by atoms with Crippen molar-refractivity contribution >= 4 is 11.3 Å². The van der Waals surface area contributed by atoms with Crippen molar-refractivity contribution in [3.05, 3.63) is 16.6 Å². The van der Waals surface area contributed by atoms with E-state index in [1.54, 1.807) is 0 Å². The second-order valence-electron chi connectivity index (χ2n) is 3.91. The van der Waals surface area contributed by atoms with Crippen molar-refractivity contribution in [2.24, 2.45) is 0 Å². The van der Waals surface area contributed by atoms with Gasteiger partial charge in [0.15, 0.2) is 0 Å². The minimum atomic E-state index is 0. The van der Waals surface area contributed by atoms with Gasteiger partial charge in [-0.05, 0) is 12.8 Å². The Kier molecular flexibility index (Phi) is 7.67. The molecule has 1 aliphatic rings. The molecule has 1 heterocycles. The first-order valence-electron chi connectivity index (χ1n) is 5.36. The normalized spacial score (nSPS) is 18.1. The van der Waals surface area contributed by atoms with Crippen molar-refractivity contribution in [1.82, 2.24) is 4.98 Å². The summed E-state index contributed by atoms with van der Waals surface area (Å²) in [6, 6.07) is 0. The summed E-state index contributed by atoms with van der Waals surface area (Å²) in [5.74, 6) is 0.778. The highest BCUT2D eigenvalue weighted by molar-refractivity contribution is 7.09. The molecule has 15 heavy (non-hydrogen) atoms. The van der Waals surface area contributed by atoms with E-state index in [1.807, 2.05) is 17.5 Å². The zero-order valence-corrected chi connectivity index (χ0v) is 8.85. The molecule has 88 valence electrons. The summed E-state index contributed by atoms with van der Waals surface area (Å²) >= 11 is 1.83. The molecule has 0 atom stereocenters. The van der Waals surface area contributed by atoms with Gasteiger partial charge in [0.05, 0.1) is 5.01 Å². The second kappa shape index (κ2) is 7.86. The number of rotatable bonds is 1. The number of nitrogens with zero attached hydrogens (tertiary/aromatic N) is 1. The molecule has 0 aromatic carbocycles. The molecule has 2 heteroatoms. The van der Waals surface area contributed by atoms with E-state index in [0.29, 0.717) is 0 Å². The minimum Gasteiger partial charge on any atom is -0.249 e. The van der Waals surface area contributed by atoms with E-state index in [4.69, 9.17) is 0 Å². The largest absolute Gasteiger partial charge is 0.249 e. The van der Waals surface area contributed by atoms with Crippen molar-refractivity contribution in [2.45, 2.75) is 65.7 Å². The van der Waals surface area contributed by atoms with Gasteiger partial charge in [0.25, 0.3) is 0 Å². The van der Waals surface area contributed by atoms with Crippen LogP contribution in [0.1, 0.15) is 70.7 Å². The molecular weight excluding hydrogens is 202 g/mol. The van der Waals surface area contributed by atoms with E-state index in [1.165, 1.54) is 50.0 Å². The van der Waals surface area contributed by atoms with E-state index in [0.717, 1.165) is 5.92 Å². The van der Waals surface area contributed by atoms with Gasteiger partial charge in [0, 0.05) is 17.5 Å². The maximum atomic E-state index is 4.43. The smallest absolute Gasteiger partial charge is 0.0955 e. The average molecular weight is 227 g/mol. The summed E-state index contributed by atoms with van der Waals surface area (Å²) in [5, 5.41) is 3.48. The third-order valence-corrected chi connectivity index (χ3v) is 3.84. The van der Waals surface area contributed by atoms with Crippen LogP contribution in [-0.2, 0) is 0 Å². The Labute approximate surface area is 98.9 Å². The quantitative estimate of drug-likeness (QED) is 0.639. The lowest BCUT2D eigenvalue weighted by atomic mass is 9.92. The summed E-state index contributed by atoms with van der Waals surface area (Å²) < 4.78 is 0. The van der Waals surface area contributed by atoms with Gasteiger partial charge in [0.1, 0.15) is 0 Å². The molecule has 0 unspecified atom stereocenters. The zero-order valence-electron chi connectivity index (χ0n) is 8.04. The SMILES string of the molecule is C.C.c1csc(C2CCCCCCC2)n1. The lowest BCUT2D eigenvalue weighted by Gasteiger charge is -2.16. The maximum Gasteiger partial charge on any atom is 0.0955 e. The number of hydrogen-bond donors (Lipinski definition) is 0. The molecule has 0 N–H and O–H groups in total. The number of thiazole rings is 1. The Hall–Kier alpha value is -0.370. The summed E-state index contributed by atoms with van der Waals surface area (Å²) in [6.45, 7) is 0. The third kappa shape index (κ3) is 4.33. The molecule has 1 aromatic rings. The highest BCUT2D eigenvalue weighted by atomic mass is 32.1. The molecule has 0 saturated heterocycles. The van der Waals surface area contributed by atoms with Crippen LogP contribution in [0.15, 0.2) is 11.6 Å². The zero-order chi connectivity index (χ0) is 8.93. The molecular formula is C13H25NS. The monoisotopic (exact) mass is 227 g/mol. The van der Waals surface area contributed by atoms with Gasteiger partial charge < -0.3 is 0 Å². The van der Waals surface area contributed by atoms with Gasteiger partial charge in [-0.2, -0.15) is 0 Å². The van der Waals surface area contributed by atoms with Crippen LogP contribution in [-0.4, -0.2) is 4.98 Å². The van der Waals surface area contributed by atoms with Crippen molar-refractivity contribution in [2.75, 3.05) is 0 Å². The van der Waals surface area contributed by atoms with Crippen LogP contribution < -0.4 is 0 Å². The summed E-state index contributed by atoms with van der Waals surface area (Å²) in [5.41, 5.74) is 0. The molecule has 1 fully saturated rings. The van der Waals surface area contributed by atoms with Crippen molar-refractivity contribution in [1.29, 1.82) is 0 Å². The van der Waals surface area contributed by atoms with E-state index in [2.05, 4.69) is 10.4 Å². The van der Waals surface area contributed by atoms with Crippen LogP contribution in [0, 0.1) is 0 Å². The van der Waals surface area contributed by atoms with Crippen LogP contribution in [0.2, 0.25) is 0 Å². The van der Waals surface area contributed by atoms with Gasteiger partial charge in [-0.3, -0.25) is 0 Å². The first-order chi connectivity index (χ1) is 6.47. The van der Waals surface area contributed by atoms with E-state index < -0.39 is 0 Å². The van der Waals surface area contributed by atoms with E-state index in [9.17, 15) is 0 Å². The number of aromatic nitrogens is 1. The fraction of sp³-hybridized carbons (Fsp3) is 0.769. The maximum absolute atomic E-state index is 4.43. The van der Waals surface area contributed by atoms with Crippen molar-refractivity contribution < 1.29 is 0 Å². The molecule has 0 radical (unpaired) electrons. The van der Waals surface area contributed by atoms with Crippen LogP contribution in [0.4, 0.5) is 0 Å².